The summed E-state index contributed by atoms with van der Waals surface area (Å²) in [5.41, 5.74) is 0. The Morgan fingerprint density at radius 3 is 2.29 bits per heavy atom. The van der Waals surface area contributed by atoms with Crippen molar-refractivity contribution in [1.29, 1.82) is 0 Å². The van der Waals surface area contributed by atoms with Gasteiger partial charge in [0.25, 0.3) is 0 Å². The standard InChI is InChI=1S/C15H25N3O3/c1-5-14(20)17-12-6-8-13(9-7-12)18(4)15(21)10(2)16-11(3)19/h5,10,12-13H,1,6-9H2,2-4H3,(H,16,19)(H,17,20)/t10-,12?,13?/m0/s1. The summed E-state index contributed by atoms with van der Waals surface area (Å²) in [5.74, 6) is -0.439. The van der Waals surface area contributed by atoms with Crippen molar-refractivity contribution in [3.8, 4) is 0 Å². The van der Waals surface area contributed by atoms with Gasteiger partial charge in [-0.2, -0.15) is 0 Å². The molecule has 1 atom stereocenters. The second-order valence-electron chi connectivity index (χ2n) is 5.59. The third kappa shape index (κ3) is 5.21. The van der Waals surface area contributed by atoms with Crippen LogP contribution in [0.25, 0.3) is 0 Å². The zero-order valence-corrected chi connectivity index (χ0v) is 13.0. The molecular formula is C15H25N3O3. The number of carbonyl (C=O) groups excluding carboxylic acids is 3. The molecule has 2 N–H and O–H groups in total. The predicted octanol–water partition coefficient (Wildman–Crippen LogP) is 0.583. The van der Waals surface area contributed by atoms with E-state index < -0.39 is 6.04 Å². The van der Waals surface area contributed by atoms with Crippen molar-refractivity contribution in [3.05, 3.63) is 12.7 Å². The van der Waals surface area contributed by atoms with E-state index in [2.05, 4.69) is 17.2 Å². The smallest absolute Gasteiger partial charge is 0.244 e. The first-order chi connectivity index (χ1) is 9.85. The van der Waals surface area contributed by atoms with Crippen molar-refractivity contribution in [3.63, 3.8) is 0 Å². The first-order valence-electron chi connectivity index (χ1n) is 7.31. The Balaban J connectivity index is 2.45. The van der Waals surface area contributed by atoms with Crippen LogP contribution in [0.3, 0.4) is 0 Å². The third-order valence-electron chi connectivity index (χ3n) is 3.91. The van der Waals surface area contributed by atoms with Gasteiger partial charge in [-0.1, -0.05) is 6.58 Å². The highest BCUT2D eigenvalue weighted by Gasteiger charge is 2.29. The van der Waals surface area contributed by atoms with Crippen molar-refractivity contribution < 1.29 is 14.4 Å². The van der Waals surface area contributed by atoms with E-state index in [-0.39, 0.29) is 29.8 Å². The topological polar surface area (TPSA) is 78.5 Å². The van der Waals surface area contributed by atoms with Crippen LogP contribution in [0.1, 0.15) is 39.5 Å². The molecule has 0 radical (unpaired) electrons. The van der Waals surface area contributed by atoms with Gasteiger partial charge in [-0.05, 0) is 38.7 Å². The molecule has 1 rings (SSSR count). The Labute approximate surface area is 125 Å². The molecule has 6 heteroatoms. The van der Waals surface area contributed by atoms with Crippen LogP contribution in [0.5, 0.6) is 0 Å². The van der Waals surface area contributed by atoms with Crippen LogP contribution in [0.15, 0.2) is 12.7 Å². The number of rotatable bonds is 5. The minimum absolute atomic E-state index is 0.0798. The summed E-state index contributed by atoms with van der Waals surface area (Å²) in [4.78, 5) is 36.2. The molecule has 0 aromatic carbocycles. The molecule has 6 nitrogen and oxygen atoms in total. The van der Waals surface area contributed by atoms with Crippen molar-refractivity contribution in [1.82, 2.24) is 15.5 Å². The Kier molecular flexibility index (Phi) is 6.39. The van der Waals surface area contributed by atoms with Gasteiger partial charge >= 0.3 is 0 Å². The van der Waals surface area contributed by atoms with Gasteiger partial charge in [0.1, 0.15) is 6.04 Å². The largest absolute Gasteiger partial charge is 0.350 e. The number of nitrogens with zero attached hydrogens (tertiary/aromatic N) is 1. The minimum atomic E-state index is -0.509. The highest BCUT2D eigenvalue weighted by molar-refractivity contribution is 5.87. The molecule has 3 amide bonds. The normalized spacial score (nSPS) is 22.8. The fourth-order valence-electron chi connectivity index (χ4n) is 2.72. The molecule has 0 heterocycles. The van der Waals surface area contributed by atoms with Gasteiger partial charge in [0, 0.05) is 26.1 Å². The molecule has 21 heavy (non-hydrogen) atoms. The Morgan fingerprint density at radius 2 is 1.81 bits per heavy atom. The molecule has 1 saturated carbocycles. The van der Waals surface area contributed by atoms with Gasteiger partial charge in [0.05, 0.1) is 0 Å². The van der Waals surface area contributed by atoms with E-state index in [1.54, 1.807) is 18.9 Å². The lowest BCUT2D eigenvalue weighted by Gasteiger charge is -2.36. The SMILES string of the molecule is C=CC(=O)NC1CCC(N(C)C(=O)[C@H](C)NC(C)=O)CC1. The minimum Gasteiger partial charge on any atom is -0.350 e. The van der Waals surface area contributed by atoms with Gasteiger partial charge < -0.3 is 15.5 Å². The van der Waals surface area contributed by atoms with E-state index in [1.165, 1.54) is 13.0 Å². The van der Waals surface area contributed by atoms with Crippen LogP contribution in [-0.4, -0.2) is 47.8 Å². The Bertz CT molecular complexity index is 414. The number of nitrogens with one attached hydrogen (secondary N) is 2. The maximum atomic E-state index is 12.2. The van der Waals surface area contributed by atoms with Gasteiger partial charge in [-0.25, -0.2) is 0 Å². The van der Waals surface area contributed by atoms with Crippen LogP contribution in [0.2, 0.25) is 0 Å². The van der Waals surface area contributed by atoms with Crippen LogP contribution < -0.4 is 10.6 Å². The molecule has 0 aromatic heterocycles. The van der Waals surface area contributed by atoms with E-state index in [0.29, 0.717) is 0 Å². The molecule has 1 aliphatic rings. The van der Waals surface area contributed by atoms with E-state index >= 15 is 0 Å². The summed E-state index contributed by atoms with van der Waals surface area (Å²) in [7, 11) is 1.77. The lowest BCUT2D eigenvalue weighted by atomic mass is 9.90. The molecular weight excluding hydrogens is 270 g/mol. The second-order valence-corrected chi connectivity index (χ2v) is 5.59. The zero-order chi connectivity index (χ0) is 16.0. The summed E-state index contributed by atoms with van der Waals surface area (Å²) in [6, 6.07) is -0.195. The molecule has 0 saturated heterocycles. The maximum absolute atomic E-state index is 12.2. The number of amides is 3. The Morgan fingerprint density at radius 1 is 1.24 bits per heavy atom. The van der Waals surface area contributed by atoms with E-state index in [0.717, 1.165) is 25.7 Å². The molecule has 118 valence electrons. The summed E-state index contributed by atoms with van der Waals surface area (Å²) in [6.07, 6.45) is 4.65. The van der Waals surface area contributed by atoms with Gasteiger partial charge in [-0.15, -0.1) is 0 Å². The highest BCUT2D eigenvalue weighted by Crippen LogP contribution is 2.23. The fourth-order valence-corrected chi connectivity index (χ4v) is 2.72. The molecule has 0 spiro atoms. The Hall–Kier alpha value is -1.85. The maximum Gasteiger partial charge on any atom is 0.244 e. The van der Waals surface area contributed by atoms with E-state index in [9.17, 15) is 14.4 Å². The van der Waals surface area contributed by atoms with Gasteiger partial charge in [-0.3, -0.25) is 14.4 Å². The molecule has 0 unspecified atom stereocenters. The number of likely N-dealkylation sites (N-methyl/N-ethyl adjacent to an activating group) is 1. The van der Waals surface area contributed by atoms with Crippen molar-refractivity contribution >= 4 is 17.7 Å². The van der Waals surface area contributed by atoms with Crippen LogP contribution in [0.4, 0.5) is 0 Å². The summed E-state index contributed by atoms with van der Waals surface area (Å²) in [6.45, 7) is 6.53. The number of hydrogen-bond acceptors (Lipinski definition) is 3. The van der Waals surface area contributed by atoms with Crippen LogP contribution >= 0.6 is 0 Å². The molecule has 1 aliphatic carbocycles. The average molecular weight is 295 g/mol. The van der Waals surface area contributed by atoms with Crippen LogP contribution in [-0.2, 0) is 14.4 Å². The van der Waals surface area contributed by atoms with Crippen molar-refractivity contribution in [2.45, 2.75) is 57.7 Å². The lowest BCUT2D eigenvalue weighted by molar-refractivity contribution is -0.137. The van der Waals surface area contributed by atoms with Crippen LogP contribution in [0, 0.1) is 0 Å². The monoisotopic (exact) mass is 295 g/mol. The predicted molar refractivity (Wildman–Crippen MR) is 80.4 cm³/mol. The first kappa shape index (κ1) is 17.2. The summed E-state index contributed by atoms with van der Waals surface area (Å²) < 4.78 is 0. The summed E-state index contributed by atoms with van der Waals surface area (Å²) in [5, 5.41) is 5.50. The molecule has 0 aromatic rings. The second kappa shape index (κ2) is 7.81. The first-order valence-corrected chi connectivity index (χ1v) is 7.31. The lowest BCUT2D eigenvalue weighted by Crippen LogP contribution is -2.50. The van der Waals surface area contributed by atoms with Gasteiger partial charge in [0.2, 0.25) is 17.7 Å². The van der Waals surface area contributed by atoms with Crippen molar-refractivity contribution in [2.75, 3.05) is 7.05 Å². The highest BCUT2D eigenvalue weighted by atomic mass is 16.2. The number of carbonyl (C=O) groups is 3. The van der Waals surface area contributed by atoms with E-state index in [1.807, 2.05) is 0 Å². The van der Waals surface area contributed by atoms with Crippen molar-refractivity contribution in [2.24, 2.45) is 0 Å². The average Bonchev–Trinajstić information content (AvgIpc) is 2.45. The van der Waals surface area contributed by atoms with E-state index in [4.69, 9.17) is 0 Å². The molecule has 0 aliphatic heterocycles. The fraction of sp³-hybridized carbons (Fsp3) is 0.667. The third-order valence-corrected chi connectivity index (χ3v) is 3.91. The molecule has 1 fully saturated rings. The summed E-state index contributed by atoms with van der Waals surface area (Å²) >= 11 is 0. The molecule has 0 bridgehead atoms. The quantitative estimate of drug-likeness (QED) is 0.728. The zero-order valence-electron chi connectivity index (χ0n) is 13.0. The van der Waals surface area contributed by atoms with Gasteiger partial charge in [0.15, 0.2) is 0 Å². The number of hydrogen-bond donors (Lipinski definition) is 2.